The monoisotopic (exact) mass is 354 g/mol. The van der Waals surface area contributed by atoms with Crippen LogP contribution in [-0.4, -0.2) is 32.3 Å². The number of carbonyl (C=O) groups is 2. The van der Waals surface area contributed by atoms with Crippen molar-refractivity contribution in [2.75, 3.05) is 5.32 Å². The highest BCUT2D eigenvalue weighted by molar-refractivity contribution is 6.05. The SMILES string of the molecule is Cc1nn(C)c(C)c1NC(=O)[C@@H](C)OC(=O)c1cn(C)c2ccccc12. The van der Waals surface area contributed by atoms with Gasteiger partial charge in [-0.15, -0.1) is 0 Å². The van der Waals surface area contributed by atoms with Crippen LogP contribution >= 0.6 is 0 Å². The van der Waals surface area contributed by atoms with Gasteiger partial charge in [0.05, 0.1) is 22.6 Å². The molecule has 0 saturated heterocycles. The van der Waals surface area contributed by atoms with E-state index in [0.29, 0.717) is 16.9 Å². The minimum absolute atomic E-state index is 0.391. The minimum atomic E-state index is -0.930. The van der Waals surface area contributed by atoms with Crippen LogP contribution in [0.5, 0.6) is 0 Å². The second-order valence-corrected chi connectivity index (χ2v) is 6.38. The Balaban J connectivity index is 1.75. The van der Waals surface area contributed by atoms with Crippen molar-refractivity contribution >= 4 is 28.5 Å². The van der Waals surface area contributed by atoms with Gasteiger partial charge in [-0.2, -0.15) is 5.10 Å². The van der Waals surface area contributed by atoms with Crippen molar-refractivity contribution in [1.82, 2.24) is 14.3 Å². The molecule has 0 aliphatic rings. The zero-order chi connectivity index (χ0) is 19.0. The van der Waals surface area contributed by atoms with Crippen molar-refractivity contribution in [1.29, 1.82) is 0 Å². The van der Waals surface area contributed by atoms with Crippen LogP contribution in [-0.2, 0) is 23.6 Å². The molecule has 1 atom stereocenters. The van der Waals surface area contributed by atoms with E-state index in [1.807, 2.05) is 56.8 Å². The highest BCUT2D eigenvalue weighted by atomic mass is 16.5. The van der Waals surface area contributed by atoms with Crippen molar-refractivity contribution in [2.24, 2.45) is 14.1 Å². The molecule has 0 aliphatic carbocycles. The molecule has 7 heteroatoms. The Morgan fingerprint density at radius 2 is 1.88 bits per heavy atom. The van der Waals surface area contributed by atoms with Crippen LogP contribution in [0.4, 0.5) is 5.69 Å². The number of aryl methyl sites for hydroxylation is 3. The highest BCUT2D eigenvalue weighted by Gasteiger charge is 2.23. The largest absolute Gasteiger partial charge is 0.449 e. The van der Waals surface area contributed by atoms with E-state index in [4.69, 9.17) is 4.74 Å². The van der Waals surface area contributed by atoms with Crippen molar-refractivity contribution in [3.05, 3.63) is 47.4 Å². The van der Waals surface area contributed by atoms with E-state index in [1.165, 1.54) is 0 Å². The number of esters is 1. The van der Waals surface area contributed by atoms with E-state index >= 15 is 0 Å². The molecule has 1 aromatic carbocycles. The first kappa shape index (κ1) is 17.7. The predicted molar refractivity (Wildman–Crippen MR) is 99.1 cm³/mol. The summed E-state index contributed by atoms with van der Waals surface area (Å²) < 4.78 is 8.94. The Morgan fingerprint density at radius 1 is 1.19 bits per heavy atom. The molecule has 2 aromatic heterocycles. The Morgan fingerprint density at radius 3 is 2.54 bits per heavy atom. The van der Waals surface area contributed by atoms with Gasteiger partial charge in [-0.3, -0.25) is 9.48 Å². The summed E-state index contributed by atoms with van der Waals surface area (Å²) in [5.74, 6) is -0.915. The number of hydrogen-bond donors (Lipinski definition) is 1. The second kappa shape index (κ2) is 6.67. The summed E-state index contributed by atoms with van der Waals surface area (Å²) in [5.41, 5.74) is 3.56. The predicted octanol–water partition coefficient (Wildman–Crippen LogP) is 2.71. The zero-order valence-electron chi connectivity index (χ0n) is 15.5. The first-order valence-electron chi connectivity index (χ1n) is 8.35. The Hall–Kier alpha value is -3.09. The van der Waals surface area contributed by atoms with Gasteiger partial charge in [-0.1, -0.05) is 18.2 Å². The van der Waals surface area contributed by atoms with Gasteiger partial charge in [-0.25, -0.2) is 4.79 Å². The molecule has 0 aliphatic heterocycles. The second-order valence-electron chi connectivity index (χ2n) is 6.38. The fraction of sp³-hybridized carbons (Fsp3) is 0.316. The Labute approximate surface area is 151 Å². The van der Waals surface area contributed by atoms with Crippen LogP contribution in [0.3, 0.4) is 0 Å². The maximum Gasteiger partial charge on any atom is 0.341 e. The molecule has 0 radical (unpaired) electrons. The Kier molecular flexibility index (Phi) is 4.54. The molecule has 0 unspecified atom stereocenters. The van der Waals surface area contributed by atoms with E-state index in [9.17, 15) is 9.59 Å². The van der Waals surface area contributed by atoms with Gasteiger partial charge < -0.3 is 14.6 Å². The van der Waals surface area contributed by atoms with Crippen LogP contribution in [0.15, 0.2) is 30.5 Å². The van der Waals surface area contributed by atoms with Crippen molar-refractivity contribution in [3.63, 3.8) is 0 Å². The summed E-state index contributed by atoms with van der Waals surface area (Å²) >= 11 is 0. The third-order valence-corrected chi connectivity index (χ3v) is 4.53. The fourth-order valence-corrected chi connectivity index (χ4v) is 2.96. The van der Waals surface area contributed by atoms with Gasteiger partial charge >= 0.3 is 5.97 Å². The molecule has 0 spiro atoms. The molecule has 0 bridgehead atoms. The molecule has 0 saturated carbocycles. The van der Waals surface area contributed by atoms with Crippen molar-refractivity contribution < 1.29 is 14.3 Å². The number of rotatable bonds is 4. The van der Waals surface area contributed by atoms with Gasteiger partial charge in [0.25, 0.3) is 5.91 Å². The average molecular weight is 354 g/mol. The number of ether oxygens (including phenoxy) is 1. The summed E-state index contributed by atoms with van der Waals surface area (Å²) in [6.07, 6.45) is 0.785. The summed E-state index contributed by atoms with van der Waals surface area (Å²) in [5, 5.41) is 7.85. The van der Waals surface area contributed by atoms with Crippen molar-refractivity contribution in [3.8, 4) is 0 Å². The maximum atomic E-state index is 12.5. The summed E-state index contributed by atoms with van der Waals surface area (Å²) in [6, 6.07) is 7.56. The van der Waals surface area contributed by atoms with Crippen LogP contribution in [0, 0.1) is 13.8 Å². The third-order valence-electron chi connectivity index (χ3n) is 4.53. The lowest BCUT2D eigenvalue weighted by molar-refractivity contribution is -0.123. The van der Waals surface area contributed by atoms with Crippen molar-refractivity contribution in [2.45, 2.75) is 26.9 Å². The molecule has 26 heavy (non-hydrogen) atoms. The number of aromatic nitrogens is 3. The van der Waals surface area contributed by atoms with E-state index in [0.717, 1.165) is 16.6 Å². The lowest BCUT2D eigenvalue weighted by Crippen LogP contribution is -2.30. The standard InChI is InChI=1S/C19H22N4O3/c1-11-17(12(2)23(5)21-11)20-18(24)13(3)26-19(25)15-10-22(4)16-9-7-6-8-14(15)16/h6-10,13H,1-5H3,(H,20,24)/t13-/m1/s1. The van der Waals surface area contributed by atoms with E-state index in [-0.39, 0.29) is 0 Å². The maximum absolute atomic E-state index is 12.5. The number of benzene rings is 1. The highest BCUT2D eigenvalue weighted by Crippen LogP contribution is 2.22. The van der Waals surface area contributed by atoms with Gasteiger partial charge in [0, 0.05) is 31.2 Å². The molecule has 3 rings (SSSR count). The summed E-state index contributed by atoms with van der Waals surface area (Å²) in [4.78, 5) is 25.0. The lowest BCUT2D eigenvalue weighted by Gasteiger charge is -2.13. The first-order valence-corrected chi connectivity index (χ1v) is 8.35. The Bertz CT molecular complexity index is 1000. The lowest BCUT2D eigenvalue weighted by atomic mass is 10.2. The number of nitrogens with zero attached hydrogens (tertiary/aromatic N) is 3. The molecular formula is C19H22N4O3. The van der Waals surface area contributed by atoms with Crippen LogP contribution in [0.25, 0.3) is 10.9 Å². The molecular weight excluding hydrogens is 332 g/mol. The molecule has 3 aromatic rings. The van der Waals surface area contributed by atoms with Crippen LogP contribution in [0.2, 0.25) is 0 Å². The molecule has 7 nitrogen and oxygen atoms in total. The topological polar surface area (TPSA) is 78.2 Å². The molecule has 136 valence electrons. The fourth-order valence-electron chi connectivity index (χ4n) is 2.96. The molecule has 0 fully saturated rings. The summed E-state index contributed by atoms with van der Waals surface area (Å²) in [7, 11) is 3.67. The first-order chi connectivity index (χ1) is 12.3. The quantitative estimate of drug-likeness (QED) is 0.731. The van der Waals surface area contributed by atoms with E-state index in [1.54, 1.807) is 17.8 Å². The number of hydrogen-bond acceptors (Lipinski definition) is 4. The number of fused-ring (bicyclic) bond motifs is 1. The normalized spacial score (nSPS) is 12.2. The van der Waals surface area contributed by atoms with E-state index < -0.39 is 18.0 Å². The molecule has 1 amide bonds. The number of amides is 1. The molecule has 2 heterocycles. The average Bonchev–Trinajstić information content (AvgIpc) is 3.06. The minimum Gasteiger partial charge on any atom is -0.449 e. The molecule has 1 N–H and O–H groups in total. The van der Waals surface area contributed by atoms with Gasteiger partial charge in [0.2, 0.25) is 0 Å². The van der Waals surface area contributed by atoms with Gasteiger partial charge in [0.1, 0.15) is 0 Å². The number of anilines is 1. The number of nitrogens with one attached hydrogen (secondary N) is 1. The van der Waals surface area contributed by atoms with Crippen LogP contribution < -0.4 is 5.32 Å². The smallest absolute Gasteiger partial charge is 0.341 e. The summed E-state index contributed by atoms with van der Waals surface area (Å²) in [6.45, 7) is 5.23. The van der Waals surface area contributed by atoms with E-state index in [2.05, 4.69) is 10.4 Å². The zero-order valence-corrected chi connectivity index (χ0v) is 15.5. The van der Waals surface area contributed by atoms with Gasteiger partial charge in [0.15, 0.2) is 6.10 Å². The number of para-hydroxylation sites is 1. The number of carbonyl (C=O) groups excluding carboxylic acids is 2. The van der Waals surface area contributed by atoms with Gasteiger partial charge in [-0.05, 0) is 26.8 Å². The third kappa shape index (κ3) is 3.08. The van der Waals surface area contributed by atoms with Crippen LogP contribution in [0.1, 0.15) is 28.7 Å².